The van der Waals surface area contributed by atoms with Crippen LogP contribution in [-0.4, -0.2) is 10.1 Å². The van der Waals surface area contributed by atoms with Crippen LogP contribution in [0.15, 0.2) is 48.2 Å². The lowest BCUT2D eigenvalue weighted by Crippen LogP contribution is -2.05. The maximum Gasteiger partial charge on any atom is 0.102 e. The Morgan fingerprint density at radius 2 is 2.00 bits per heavy atom. The third-order valence-corrected chi connectivity index (χ3v) is 3.64. The number of para-hydroxylation sites is 1. The van der Waals surface area contributed by atoms with Crippen molar-refractivity contribution < 1.29 is 5.11 Å². The number of aliphatic hydroxyl groups is 1. The van der Waals surface area contributed by atoms with E-state index in [-0.39, 0.29) is 0 Å². The number of fused-ring (bicyclic) bond motifs is 1. The van der Waals surface area contributed by atoms with Gasteiger partial charge in [0.05, 0.1) is 5.52 Å². The smallest absolute Gasteiger partial charge is 0.102 e. The van der Waals surface area contributed by atoms with Crippen LogP contribution in [0.25, 0.3) is 10.9 Å². The lowest BCUT2D eigenvalue weighted by atomic mass is 9.91. The minimum atomic E-state index is -0.496. The molecule has 1 aromatic carbocycles. The van der Waals surface area contributed by atoms with Gasteiger partial charge < -0.3 is 5.11 Å². The number of aromatic nitrogens is 1. The SMILES string of the molecule is OC(C1=CCCCC1)c1cccc2cccnc12. The third-order valence-electron chi connectivity index (χ3n) is 3.64. The molecule has 1 aliphatic carbocycles. The summed E-state index contributed by atoms with van der Waals surface area (Å²) in [7, 11) is 0. The molecular formula is C16H17NO. The van der Waals surface area contributed by atoms with Gasteiger partial charge in [0.15, 0.2) is 0 Å². The number of nitrogens with zero attached hydrogens (tertiary/aromatic N) is 1. The second-order valence-corrected chi connectivity index (χ2v) is 4.85. The molecule has 1 heterocycles. The second kappa shape index (κ2) is 4.91. The average Bonchev–Trinajstić information content (AvgIpc) is 2.47. The van der Waals surface area contributed by atoms with Crippen LogP contribution in [0.2, 0.25) is 0 Å². The fourth-order valence-corrected chi connectivity index (χ4v) is 2.66. The Hall–Kier alpha value is -1.67. The van der Waals surface area contributed by atoms with Crippen LogP contribution < -0.4 is 0 Å². The first-order valence-corrected chi connectivity index (χ1v) is 6.57. The van der Waals surface area contributed by atoms with Gasteiger partial charge in [-0.1, -0.05) is 30.3 Å². The van der Waals surface area contributed by atoms with E-state index in [0.29, 0.717) is 0 Å². The van der Waals surface area contributed by atoms with Crippen LogP contribution in [0, 0.1) is 0 Å². The molecule has 0 bridgehead atoms. The highest BCUT2D eigenvalue weighted by Gasteiger charge is 2.17. The molecule has 0 spiro atoms. The van der Waals surface area contributed by atoms with Crippen molar-refractivity contribution in [2.24, 2.45) is 0 Å². The van der Waals surface area contributed by atoms with Crippen LogP contribution in [0.3, 0.4) is 0 Å². The number of allylic oxidation sites excluding steroid dienone is 1. The highest BCUT2D eigenvalue weighted by molar-refractivity contribution is 5.82. The van der Waals surface area contributed by atoms with Gasteiger partial charge in [0.2, 0.25) is 0 Å². The van der Waals surface area contributed by atoms with E-state index in [2.05, 4.69) is 11.1 Å². The monoisotopic (exact) mass is 239 g/mol. The molecule has 0 aliphatic heterocycles. The molecule has 2 nitrogen and oxygen atoms in total. The summed E-state index contributed by atoms with van der Waals surface area (Å²) in [4.78, 5) is 4.41. The number of pyridine rings is 1. The van der Waals surface area contributed by atoms with E-state index in [1.165, 1.54) is 12.8 Å². The van der Waals surface area contributed by atoms with Crippen LogP contribution in [0.4, 0.5) is 0 Å². The molecule has 2 heteroatoms. The minimum Gasteiger partial charge on any atom is -0.384 e. The van der Waals surface area contributed by atoms with E-state index in [0.717, 1.165) is 34.9 Å². The van der Waals surface area contributed by atoms with Gasteiger partial charge in [0.1, 0.15) is 6.10 Å². The molecule has 1 aliphatic rings. The molecule has 0 saturated carbocycles. The van der Waals surface area contributed by atoms with E-state index in [9.17, 15) is 5.11 Å². The molecule has 0 fully saturated rings. The van der Waals surface area contributed by atoms with Gasteiger partial charge in [-0.05, 0) is 37.3 Å². The van der Waals surface area contributed by atoms with Gasteiger partial charge in [-0.3, -0.25) is 4.98 Å². The predicted octanol–water partition coefficient (Wildman–Crippen LogP) is 3.77. The normalized spacial score (nSPS) is 17.5. The fraction of sp³-hybridized carbons (Fsp3) is 0.312. The Labute approximate surface area is 107 Å². The zero-order chi connectivity index (χ0) is 12.4. The zero-order valence-corrected chi connectivity index (χ0v) is 10.3. The molecule has 0 amide bonds. The van der Waals surface area contributed by atoms with Gasteiger partial charge >= 0.3 is 0 Å². The van der Waals surface area contributed by atoms with Crippen molar-refractivity contribution in [3.63, 3.8) is 0 Å². The maximum atomic E-state index is 10.5. The molecule has 1 unspecified atom stereocenters. The summed E-state index contributed by atoms with van der Waals surface area (Å²) in [6.07, 6.45) is 7.99. The second-order valence-electron chi connectivity index (χ2n) is 4.85. The van der Waals surface area contributed by atoms with E-state index in [1.807, 2.05) is 30.3 Å². The molecule has 2 aromatic rings. The first kappa shape index (κ1) is 11.4. The summed E-state index contributed by atoms with van der Waals surface area (Å²) >= 11 is 0. The fourth-order valence-electron chi connectivity index (χ4n) is 2.66. The average molecular weight is 239 g/mol. The van der Waals surface area contributed by atoms with E-state index >= 15 is 0 Å². The van der Waals surface area contributed by atoms with E-state index in [1.54, 1.807) is 6.20 Å². The Balaban J connectivity index is 2.05. The molecule has 0 radical (unpaired) electrons. The Morgan fingerprint density at radius 1 is 1.11 bits per heavy atom. The lowest BCUT2D eigenvalue weighted by molar-refractivity contribution is 0.209. The highest BCUT2D eigenvalue weighted by Crippen LogP contribution is 2.32. The lowest BCUT2D eigenvalue weighted by Gasteiger charge is -2.19. The van der Waals surface area contributed by atoms with Gasteiger partial charge in [-0.25, -0.2) is 0 Å². The van der Waals surface area contributed by atoms with Crippen molar-refractivity contribution in [3.05, 3.63) is 53.7 Å². The van der Waals surface area contributed by atoms with Crippen LogP contribution >= 0.6 is 0 Å². The molecule has 1 atom stereocenters. The molecule has 18 heavy (non-hydrogen) atoms. The summed E-state index contributed by atoms with van der Waals surface area (Å²) in [6.45, 7) is 0. The van der Waals surface area contributed by atoms with Crippen molar-refractivity contribution in [2.45, 2.75) is 31.8 Å². The number of hydrogen-bond acceptors (Lipinski definition) is 2. The van der Waals surface area contributed by atoms with Crippen molar-refractivity contribution in [1.82, 2.24) is 4.98 Å². The topological polar surface area (TPSA) is 33.1 Å². The third kappa shape index (κ3) is 2.04. The summed E-state index contributed by atoms with van der Waals surface area (Å²) in [5.74, 6) is 0. The summed E-state index contributed by atoms with van der Waals surface area (Å²) < 4.78 is 0. The number of aliphatic hydroxyl groups excluding tert-OH is 1. The largest absolute Gasteiger partial charge is 0.384 e. The Bertz CT molecular complexity index is 583. The predicted molar refractivity (Wildman–Crippen MR) is 73.3 cm³/mol. The molecule has 92 valence electrons. The molecule has 1 aromatic heterocycles. The first-order chi connectivity index (χ1) is 8.86. The number of hydrogen-bond donors (Lipinski definition) is 1. The van der Waals surface area contributed by atoms with Crippen molar-refractivity contribution in [3.8, 4) is 0 Å². The Morgan fingerprint density at radius 3 is 2.83 bits per heavy atom. The number of benzene rings is 1. The standard InChI is InChI=1S/C16H17NO/c18-16(13-6-2-1-3-7-13)14-10-4-8-12-9-5-11-17-15(12)14/h4-6,8-11,16,18H,1-3,7H2. The summed E-state index contributed by atoms with van der Waals surface area (Å²) in [6, 6.07) is 9.97. The quantitative estimate of drug-likeness (QED) is 0.809. The molecule has 3 rings (SSSR count). The van der Waals surface area contributed by atoms with Crippen LogP contribution in [0.5, 0.6) is 0 Å². The van der Waals surface area contributed by atoms with Gasteiger partial charge in [0.25, 0.3) is 0 Å². The van der Waals surface area contributed by atoms with Crippen molar-refractivity contribution in [1.29, 1.82) is 0 Å². The van der Waals surface area contributed by atoms with Gasteiger partial charge in [-0.15, -0.1) is 0 Å². The van der Waals surface area contributed by atoms with Gasteiger partial charge in [-0.2, -0.15) is 0 Å². The molecule has 1 N–H and O–H groups in total. The van der Waals surface area contributed by atoms with E-state index < -0.39 is 6.10 Å². The van der Waals surface area contributed by atoms with Crippen molar-refractivity contribution >= 4 is 10.9 Å². The maximum absolute atomic E-state index is 10.5. The van der Waals surface area contributed by atoms with Gasteiger partial charge in [0, 0.05) is 17.1 Å². The number of rotatable bonds is 2. The van der Waals surface area contributed by atoms with Crippen LogP contribution in [0.1, 0.15) is 37.4 Å². The van der Waals surface area contributed by atoms with Crippen molar-refractivity contribution in [2.75, 3.05) is 0 Å². The minimum absolute atomic E-state index is 0.496. The van der Waals surface area contributed by atoms with E-state index in [4.69, 9.17) is 0 Å². The summed E-state index contributed by atoms with van der Waals surface area (Å²) in [5.41, 5.74) is 3.00. The molecular weight excluding hydrogens is 222 g/mol. The molecule has 0 saturated heterocycles. The highest BCUT2D eigenvalue weighted by atomic mass is 16.3. The summed E-state index contributed by atoms with van der Waals surface area (Å²) in [5, 5.41) is 11.6. The van der Waals surface area contributed by atoms with Crippen LogP contribution in [-0.2, 0) is 0 Å². The Kier molecular flexibility index (Phi) is 3.11. The zero-order valence-electron chi connectivity index (χ0n) is 10.3. The first-order valence-electron chi connectivity index (χ1n) is 6.57.